The highest BCUT2D eigenvalue weighted by Crippen LogP contribution is 2.15. The lowest BCUT2D eigenvalue weighted by molar-refractivity contribution is 0.0977. The molecule has 0 fully saturated rings. The molecule has 0 aliphatic rings. The topological polar surface area (TPSA) is 84.8 Å². The van der Waals surface area contributed by atoms with Crippen molar-refractivity contribution in [2.75, 3.05) is 19.0 Å². The summed E-state index contributed by atoms with van der Waals surface area (Å²) in [7, 11) is 1.61. The minimum absolute atomic E-state index is 0.274. The summed E-state index contributed by atoms with van der Waals surface area (Å²) in [6.07, 6.45) is 3.44. The largest absolute Gasteiger partial charge is 0.497 e. The molecular formula is C23H24N4O3. The Balaban J connectivity index is 1.75. The zero-order valence-corrected chi connectivity index (χ0v) is 17.0. The first-order chi connectivity index (χ1) is 14.7. The van der Waals surface area contributed by atoms with Crippen molar-refractivity contribution in [2.24, 2.45) is 4.99 Å². The first kappa shape index (κ1) is 20.9. The van der Waals surface area contributed by atoms with Crippen LogP contribution in [0.5, 0.6) is 11.5 Å². The third-order valence-corrected chi connectivity index (χ3v) is 4.15. The molecule has 0 saturated carbocycles. The number of pyridine rings is 1. The molecule has 30 heavy (non-hydrogen) atoms. The Morgan fingerprint density at radius 3 is 2.40 bits per heavy atom. The van der Waals surface area contributed by atoms with Crippen molar-refractivity contribution in [3.05, 3.63) is 84.2 Å². The molecule has 0 unspecified atom stereocenters. The molecule has 0 radical (unpaired) electrons. The van der Waals surface area contributed by atoms with Crippen molar-refractivity contribution in [3.8, 4) is 11.5 Å². The van der Waals surface area contributed by atoms with Crippen LogP contribution in [0.4, 0.5) is 5.69 Å². The summed E-state index contributed by atoms with van der Waals surface area (Å²) in [5, 5.41) is 5.99. The number of rotatable bonds is 7. The van der Waals surface area contributed by atoms with Gasteiger partial charge in [-0.15, -0.1) is 0 Å². The number of aromatic nitrogens is 1. The minimum Gasteiger partial charge on any atom is -0.497 e. The fourth-order valence-corrected chi connectivity index (χ4v) is 2.63. The molecule has 0 aliphatic carbocycles. The van der Waals surface area contributed by atoms with Gasteiger partial charge in [0, 0.05) is 23.6 Å². The van der Waals surface area contributed by atoms with E-state index in [0.29, 0.717) is 24.7 Å². The first-order valence-electron chi connectivity index (χ1n) is 9.56. The summed E-state index contributed by atoms with van der Waals surface area (Å²) < 4.78 is 10.6. The Bertz CT molecular complexity index is 972. The van der Waals surface area contributed by atoms with Crippen LogP contribution in [0.25, 0.3) is 0 Å². The fraction of sp³-hybridized carbons (Fsp3) is 0.174. The number of amides is 1. The molecule has 7 heteroatoms. The molecule has 7 nitrogen and oxygen atoms in total. The van der Waals surface area contributed by atoms with E-state index < -0.39 is 0 Å². The van der Waals surface area contributed by atoms with E-state index in [1.54, 1.807) is 43.8 Å². The van der Waals surface area contributed by atoms with Crippen molar-refractivity contribution in [3.63, 3.8) is 0 Å². The van der Waals surface area contributed by atoms with Crippen LogP contribution in [0.3, 0.4) is 0 Å². The van der Waals surface area contributed by atoms with Gasteiger partial charge < -0.3 is 14.8 Å². The summed E-state index contributed by atoms with van der Waals surface area (Å²) in [5.74, 6) is 1.52. The predicted octanol–water partition coefficient (Wildman–Crippen LogP) is 3.89. The highest BCUT2D eigenvalue weighted by atomic mass is 16.5. The van der Waals surface area contributed by atoms with Gasteiger partial charge in [-0.25, -0.2) is 4.99 Å². The van der Waals surface area contributed by atoms with Crippen LogP contribution < -0.4 is 20.1 Å². The van der Waals surface area contributed by atoms with Gasteiger partial charge in [-0.05, 0) is 67.1 Å². The summed E-state index contributed by atoms with van der Waals surface area (Å²) >= 11 is 0. The number of ether oxygens (including phenoxy) is 2. The molecule has 154 valence electrons. The van der Waals surface area contributed by atoms with Crippen LogP contribution in [0.2, 0.25) is 0 Å². The predicted molar refractivity (Wildman–Crippen MR) is 117 cm³/mol. The summed E-state index contributed by atoms with van der Waals surface area (Å²) in [6, 6.07) is 18.1. The van der Waals surface area contributed by atoms with Crippen molar-refractivity contribution < 1.29 is 14.3 Å². The molecule has 3 aromatic rings. The van der Waals surface area contributed by atoms with Gasteiger partial charge in [0.2, 0.25) is 5.96 Å². The molecule has 0 atom stereocenters. The second-order valence-corrected chi connectivity index (χ2v) is 6.29. The van der Waals surface area contributed by atoms with Crippen LogP contribution in [-0.2, 0) is 6.54 Å². The normalized spacial score (nSPS) is 10.9. The molecule has 0 bridgehead atoms. The van der Waals surface area contributed by atoms with E-state index in [0.717, 1.165) is 22.7 Å². The van der Waals surface area contributed by atoms with E-state index in [1.165, 1.54) is 0 Å². The monoisotopic (exact) mass is 404 g/mol. The second-order valence-electron chi connectivity index (χ2n) is 6.29. The molecule has 0 aliphatic heterocycles. The van der Waals surface area contributed by atoms with E-state index in [2.05, 4.69) is 20.6 Å². The van der Waals surface area contributed by atoms with Gasteiger partial charge >= 0.3 is 0 Å². The highest BCUT2D eigenvalue weighted by molar-refractivity contribution is 6.10. The lowest BCUT2D eigenvalue weighted by Crippen LogP contribution is -2.36. The average Bonchev–Trinajstić information content (AvgIpc) is 2.79. The van der Waals surface area contributed by atoms with Crippen molar-refractivity contribution in [1.29, 1.82) is 0 Å². The fourth-order valence-electron chi connectivity index (χ4n) is 2.63. The molecule has 1 heterocycles. The average molecular weight is 404 g/mol. The van der Waals surface area contributed by atoms with Crippen LogP contribution >= 0.6 is 0 Å². The smallest absolute Gasteiger partial charge is 0.257 e. The number of anilines is 1. The maximum Gasteiger partial charge on any atom is 0.257 e. The van der Waals surface area contributed by atoms with Gasteiger partial charge in [-0.1, -0.05) is 6.07 Å². The van der Waals surface area contributed by atoms with Crippen molar-refractivity contribution in [1.82, 2.24) is 10.3 Å². The number of nitrogens with zero attached hydrogens (tertiary/aromatic N) is 2. The number of aliphatic imine (C=N–C) groups is 1. The number of carbonyl (C=O) groups excluding carboxylic acids is 1. The van der Waals surface area contributed by atoms with E-state index in [-0.39, 0.29) is 5.91 Å². The number of hydrogen-bond acceptors (Lipinski definition) is 5. The van der Waals surface area contributed by atoms with E-state index in [1.807, 2.05) is 43.3 Å². The molecule has 3 rings (SSSR count). The summed E-state index contributed by atoms with van der Waals surface area (Å²) in [6.45, 7) is 2.86. The number of nitrogens with one attached hydrogen (secondary N) is 2. The number of guanidine groups is 1. The van der Waals surface area contributed by atoms with E-state index in [4.69, 9.17) is 9.47 Å². The quantitative estimate of drug-likeness (QED) is 0.461. The van der Waals surface area contributed by atoms with Crippen LogP contribution in [0.15, 0.2) is 78.0 Å². The zero-order chi connectivity index (χ0) is 21.2. The standard InChI is InChI=1S/C23H24N4O3/c1-3-30-21-10-6-18(7-11-21)22(28)27-23(25-16-17-5-4-14-24-15-17)26-19-8-12-20(29-2)13-9-19/h4-15H,3,16H2,1-2H3,(H2,25,26,27,28). The lowest BCUT2D eigenvalue weighted by Gasteiger charge is -2.13. The Kier molecular flexibility index (Phi) is 7.38. The van der Waals surface area contributed by atoms with Gasteiger partial charge in [0.05, 0.1) is 20.3 Å². The molecule has 1 amide bonds. The molecule has 0 saturated heterocycles. The van der Waals surface area contributed by atoms with Gasteiger partial charge in [0.15, 0.2) is 0 Å². The second kappa shape index (κ2) is 10.6. The Morgan fingerprint density at radius 2 is 1.77 bits per heavy atom. The maximum atomic E-state index is 12.7. The molecule has 0 spiro atoms. The third kappa shape index (κ3) is 6.07. The molecule has 2 N–H and O–H groups in total. The summed E-state index contributed by atoms with van der Waals surface area (Å²) in [4.78, 5) is 21.3. The van der Waals surface area contributed by atoms with Gasteiger partial charge in [-0.2, -0.15) is 0 Å². The zero-order valence-electron chi connectivity index (χ0n) is 17.0. The number of carbonyl (C=O) groups is 1. The SMILES string of the molecule is CCOc1ccc(C(=O)NC(=NCc2cccnc2)Nc2ccc(OC)cc2)cc1. The minimum atomic E-state index is -0.274. The van der Waals surface area contributed by atoms with Crippen LogP contribution in [-0.4, -0.2) is 30.6 Å². The summed E-state index contributed by atoms with van der Waals surface area (Å²) in [5.41, 5.74) is 2.21. The van der Waals surface area contributed by atoms with Crippen LogP contribution in [0.1, 0.15) is 22.8 Å². The first-order valence-corrected chi connectivity index (χ1v) is 9.56. The Labute approximate surface area is 175 Å². The molecule has 2 aromatic carbocycles. The molecular weight excluding hydrogens is 380 g/mol. The maximum absolute atomic E-state index is 12.7. The number of hydrogen-bond donors (Lipinski definition) is 2. The van der Waals surface area contributed by atoms with E-state index >= 15 is 0 Å². The molecule has 1 aromatic heterocycles. The number of methoxy groups -OCH3 is 1. The van der Waals surface area contributed by atoms with Crippen molar-refractivity contribution >= 4 is 17.6 Å². The van der Waals surface area contributed by atoms with Gasteiger partial charge in [0.1, 0.15) is 11.5 Å². The highest BCUT2D eigenvalue weighted by Gasteiger charge is 2.10. The Morgan fingerprint density at radius 1 is 1.03 bits per heavy atom. The van der Waals surface area contributed by atoms with Crippen LogP contribution in [0, 0.1) is 0 Å². The van der Waals surface area contributed by atoms with E-state index in [9.17, 15) is 4.79 Å². The Hall–Kier alpha value is -3.87. The van der Waals surface area contributed by atoms with Gasteiger partial charge in [0.25, 0.3) is 5.91 Å². The number of benzene rings is 2. The lowest BCUT2D eigenvalue weighted by atomic mass is 10.2. The van der Waals surface area contributed by atoms with Gasteiger partial charge in [-0.3, -0.25) is 15.1 Å². The third-order valence-electron chi connectivity index (χ3n) is 4.15. The van der Waals surface area contributed by atoms with Crippen molar-refractivity contribution in [2.45, 2.75) is 13.5 Å².